The van der Waals surface area contributed by atoms with Gasteiger partial charge in [-0.1, -0.05) is 72.8 Å². The van der Waals surface area contributed by atoms with E-state index in [0.29, 0.717) is 24.3 Å². The highest BCUT2D eigenvalue weighted by atomic mass is 16.5. The topological polar surface area (TPSA) is 29.5 Å². The van der Waals surface area contributed by atoms with Crippen LogP contribution in [0.4, 0.5) is 0 Å². The van der Waals surface area contributed by atoms with Crippen molar-refractivity contribution >= 4 is 16.6 Å². The summed E-state index contributed by atoms with van der Waals surface area (Å²) in [7, 11) is 0. The van der Waals surface area contributed by atoms with Crippen molar-refractivity contribution < 1.29 is 9.53 Å². The van der Waals surface area contributed by atoms with Crippen molar-refractivity contribution in [3.05, 3.63) is 83.9 Å². The summed E-state index contributed by atoms with van der Waals surface area (Å²) in [5.74, 6) is 0.525. The first-order chi connectivity index (χ1) is 14.3. The zero-order valence-electron chi connectivity index (χ0n) is 16.7. The molecule has 2 bridgehead atoms. The predicted octanol–water partition coefficient (Wildman–Crippen LogP) is 4.63. The molecule has 3 heteroatoms. The van der Waals surface area contributed by atoms with Crippen LogP contribution in [0.1, 0.15) is 24.0 Å². The van der Waals surface area contributed by atoms with Crippen molar-refractivity contribution in [1.82, 2.24) is 4.90 Å². The minimum atomic E-state index is 0.139. The molecule has 3 aromatic rings. The Balaban J connectivity index is 1.31. The second-order valence-corrected chi connectivity index (χ2v) is 8.45. The molecule has 2 fully saturated rings. The van der Waals surface area contributed by atoms with Gasteiger partial charge in [0.2, 0.25) is 0 Å². The predicted molar refractivity (Wildman–Crippen MR) is 116 cm³/mol. The van der Waals surface area contributed by atoms with E-state index in [0.717, 1.165) is 38.2 Å². The Labute approximate surface area is 172 Å². The van der Waals surface area contributed by atoms with Gasteiger partial charge in [0, 0.05) is 31.0 Å². The number of rotatable bonds is 5. The number of hydrogen-bond donors (Lipinski definition) is 0. The van der Waals surface area contributed by atoms with Gasteiger partial charge in [-0.15, -0.1) is 0 Å². The molecule has 0 aromatic heterocycles. The van der Waals surface area contributed by atoms with Gasteiger partial charge >= 0.3 is 0 Å². The summed E-state index contributed by atoms with van der Waals surface area (Å²) < 4.78 is 5.86. The lowest BCUT2D eigenvalue weighted by molar-refractivity contribution is -0.133. The Morgan fingerprint density at radius 3 is 2.34 bits per heavy atom. The molecule has 29 heavy (non-hydrogen) atoms. The molecule has 148 valence electrons. The molecule has 2 unspecified atom stereocenters. The molecule has 0 aliphatic carbocycles. The number of ketones is 1. The van der Waals surface area contributed by atoms with Gasteiger partial charge in [0.05, 0.1) is 13.2 Å². The van der Waals surface area contributed by atoms with Gasteiger partial charge in [0.1, 0.15) is 5.78 Å². The lowest BCUT2D eigenvalue weighted by Gasteiger charge is -2.48. The van der Waals surface area contributed by atoms with Crippen molar-refractivity contribution in [1.29, 1.82) is 0 Å². The summed E-state index contributed by atoms with van der Waals surface area (Å²) in [6.07, 6.45) is 2.35. The Hall–Kier alpha value is -2.49. The zero-order chi connectivity index (χ0) is 19.6. The number of hydrogen-bond acceptors (Lipinski definition) is 3. The van der Waals surface area contributed by atoms with Crippen LogP contribution in [0.5, 0.6) is 0 Å². The zero-order valence-corrected chi connectivity index (χ0v) is 16.7. The third kappa shape index (κ3) is 3.85. The van der Waals surface area contributed by atoms with E-state index in [9.17, 15) is 4.79 Å². The number of Topliss-reactive ketones (excluding diaryl/α,β-unsaturated/α-hetero) is 1. The Morgan fingerprint density at radius 2 is 1.55 bits per heavy atom. The molecule has 2 saturated heterocycles. The van der Waals surface area contributed by atoms with Crippen LogP contribution >= 0.6 is 0 Å². The smallest absolute Gasteiger partial charge is 0.140 e. The highest BCUT2D eigenvalue weighted by Gasteiger charge is 2.41. The van der Waals surface area contributed by atoms with Crippen LogP contribution in [-0.2, 0) is 22.5 Å². The third-order valence-electron chi connectivity index (χ3n) is 6.58. The molecule has 2 aliphatic heterocycles. The second-order valence-electron chi connectivity index (χ2n) is 8.45. The number of piperidine rings is 1. The fraction of sp³-hybridized carbons (Fsp3) is 0.346. The van der Waals surface area contributed by atoms with Gasteiger partial charge in [0.15, 0.2) is 0 Å². The van der Waals surface area contributed by atoms with Crippen LogP contribution in [0, 0.1) is 5.92 Å². The van der Waals surface area contributed by atoms with Crippen LogP contribution in [0.3, 0.4) is 0 Å². The van der Waals surface area contributed by atoms with Crippen LogP contribution in [0.25, 0.3) is 10.8 Å². The summed E-state index contributed by atoms with van der Waals surface area (Å²) >= 11 is 0. The van der Waals surface area contributed by atoms with Crippen molar-refractivity contribution in [3.8, 4) is 0 Å². The molecular formula is C26H27NO2. The molecule has 0 amide bonds. The number of fused-ring (bicyclic) bond motifs is 3. The molecule has 2 aliphatic rings. The van der Waals surface area contributed by atoms with Crippen LogP contribution < -0.4 is 0 Å². The van der Waals surface area contributed by atoms with Gasteiger partial charge in [-0.05, 0) is 34.7 Å². The van der Waals surface area contributed by atoms with Gasteiger partial charge in [-0.25, -0.2) is 0 Å². The number of ether oxygens (including phenoxy) is 1. The first-order valence-corrected chi connectivity index (χ1v) is 10.6. The molecule has 5 rings (SSSR count). The maximum Gasteiger partial charge on any atom is 0.140 e. The summed E-state index contributed by atoms with van der Waals surface area (Å²) in [6.45, 7) is 2.42. The van der Waals surface area contributed by atoms with Gasteiger partial charge in [-0.3, -0.25) is 9.69 Å². The van der Waals surface area contributed by atoms with E-state index in [1.54, 1.807) is 0 Å². The van der Waals surface area contributed by atoms with E-state index in [4.69, 9.17) is 4.74 Å². The summed E-state index contributed by atoms with van der Waals surface area (Å²) in [5.41, 5.74) is 2.49. The highest BCUT2D eigenvalue weighted by molar-refractivity contribution is 5.91. The fourth-order valence-corrected chi connectivity index (χ4v) is 5.08. The first kappa shape index (κ1) is 18.5. The molecule has 0 saturated carbocycles. The minimum Gasteiger partial charge on any atom is -0.378 e. The first-order valence-electron chi connectivity index (χ1n) is 10.6. The van der Waals surface area contributed by atoms with Crippen LogP contribution in [0.15, 0.2) is 72.8 Å². The quantitative estimate of drug-likeness (QED) is 0.641. The number of carbonyl (C=O) groups excluding carboxylic acids is 1. The SMILES string of the molecule is O=C(Cc1cccc2ccccc12)C1CC2COCC(C1)N2Cc1ccccc1. The molecule has 3 aromatic carbocycles. The van der Waals surface area contributed by atoms with Gasteiger partial charge in [0.25, 0.3) is 0 Å². The minimum absolute atomic E-state index is 0.139. The van der Waals surface area contributed by atoms with Gasteiger partial charge < -0.3 is 4.74 Å². The molecule has 3 nitrogen and oxygen atoms in total. The van der Waals surface area contributed by atoms with Crippen LogP contribution in [0.2, 0.25) is 0 Å². The second kappa shape index (κ2) is 8.10. The number of nitrogens with zero attached hydrogens (tertiary/aromatic N) is 1. The maximum absolute atomic E-state index is 13.2. The molecule has 2 atom stereocenters. The lowest BCUT2D eigenvalue weighted by Crippen LogP contribution is -2.57. The average Bonchev–Trinajstić information content (AvgIpc) is 2.74. The molecule has 2 heterocycles. The normalized spacial score (nSPS) is 24.5. The van der Waals surface area contributed by atoms with Crippen molar-refractivity contribution in [2.75, 3.05) is 13.2 Å². The lowest BCUT2D eigenvalue weighted by atomic mass is 9.80. The van der Waals surface area contributed by atoms with Crippen molar-refractivity contribution in [2.45, 2.75) is 37.9 Å². The van der Waals surface area contributed by atoms with Crippen LogP contribution in [-0.4, -0.2) is 36.0 Å². The monoisotopic (exact) mass is 385 g/mol. The summed E-state index contributed by atoms with van der Waals surface area (Å²) in [5, 5.41) is 2.41. The number of benzene rings is 3. The molecule has 0 N–H and O–H groups in total. The largest absolute Gasteiger partial charge is 0.378 e. The Bertz CT molecular complexity index is 981. The average molecular weight is 386 g/mol. The third-order valence-corrected chi connectivity index (χ3v) is 6.58. The van der Waals surface area contributed by atoms with E-state index in [1.165, 1.54) is 16.3 Å². The molecule has 0 spiro atoms. The summed E-state index contributed by atoms with van der Waals surface area (Å²) in [6, 6.07) is 26.0. The number of carbonyl (C=O) groups is 1. The standard InChI is InChI=1S/C26H27NO2/c28-26(15-21-11-6-10-20-9-4-5-12-25(20)21)22-13-23-17-29-18-24(14-22)27(23)16-19-7-2-1-3-8-19/h1-12,22-24H,13-18H2. The fourth-order valence-electron chi connectivity index (χ4n) is 5.08. The van der Waals surface area contributed by atoms with E-state index < -0.39 is 0 Å². The number of morpholine rings is 1. The Kier molecular flexibility index (Phi) is 5.17. The Morgan fingerprint density at radius 1 is 0.862 bits per heavy atom. The van der Waals surface area contributed by atoms with E-state index in [-0.39, 0.29) is 5.92 Å². The van der Waals surface area contributed by atoms with Crippen molar-refractivity contribution in [2.24, 2.45) is 5.92 Å². The van der Waals surface area contributed by atoms with E-state index in [1.807, 2.05) is 0 Å². The summed E-state index contributed by atoms with van der Waals surface area (Å²) in [4.78, 5) is 15.8. The maximum atomic E-state index is 13.2. The van der Waals surface area contributed by atoms with Crippen molar-refractivity contribution in [3.63, 3.8) is 0 Å². The molecular weight excluding hydrogens is 358 g/mol. The van der Waals surface area contributed by atoms with E-state index >= 15 is 0 Å². The van der Waals surface area contributed by atoms with E-state index in [2.05, 4.69) is 77.7 Å². The molecule has 0 radical (unpaired) electrons. The van der Waals surface area contributed by atoms with Gasteiger partial charge in [-0.2, -0.15) is 0 Å². The highest BCUT2D eigenvalue weighted by Crippen LogP contribution is 2.34.